The van der Waals surface area contributed by atoms with Crippen LogP contribution in [0.3, 0.4) is 0 Å². The van der Waals surface area contributed by atoms with Gasteiger partial charge in [-0.3, -0.25) is 4.99 Å². The minimum absolute atomic E-state index is 0.0918. The fourth-order valence-corrected chi connectivity index (χ4v) is 1.42. The average molecular weight is 240 g/mol. The van der Waals surface area contributed by atoms with Gasteiger partial charge in [-0.2, -0.15) is 0 Å². The van der Waals surface area contributed by atoms with E-state index in [1.165, 1.54) is 24.3 Å². The van der Waals surface area contributed by atoms with Crippen LogP contribution in [-0.2, 0) is 0 Å². The molecule has 90 valence electrons. The van der Waals surface area contributed by atoms with E-state index in [-0.39, 0.29) is 11.3 Å². The van der Waals surface area contributed by atoms with Gasteiger partial charge in [-0.1, -0.05) is 24.3 Å². The van der Waals surface area contributed by atoms with Crippen LogP contribution in [0.2, 0.25) is 0 Å². The van der Waals surface area contributed by atoms with E-state index < -0.39 is 5.97 Å². The monoisotopic (exact) mass is 240 g/mol. The predicted octanol–water partition coefficient (Wildman–Crippen LogP) is 2.21. The van der Waals surface area contributed by atoms with E-state index in [2.05, 4.69) is 4.99 Å². The number of carboxylic acids is 1. The van der Waals surface area contributed by atoms with E-state index in [1.807, 2.05) is 0 Å². The van der Waals surface area contributed by atoms with Crippen LogP contribution in [0.5, 0.6) is 5.75 Å². The first-order chi connectivity index (χ1) is 8.65. The number of carbonyl (C=O) groups is 1. The van der Waals surface area contributed by atoms with Gasteiger partial charge in [0.1, 0.15) is 0 Å². The van der Waals surface area contributed by atoms with Gasteiger partial charge >= 0.3 is 5.97 Å². The third kappa shape index (κ3) is 2.95. The molecule has 18 heavy (non-hydrogen) atoms. The lowest BCUT2D eigenvalue weighted by Gasteiger charge is -2.03. The highest BCUT2D eigenvalue weighted by Crippen LogP contribution is 2.16. The van der Waals surface area contributed by atoms with Crippen molar-refractivity contribution in [2.24, 2.45) is 4.99 Å². The second-order valence-corrected chi connectivity index (χ2v) is 3.68. The minimum Gasteiger partial charge on any atom is -0.872 e. The van der Waals surface area contributed by atoms with Crippen LogP contribution < -0.4 is 5.11 Å². The molecule has 0 radical (unpaired) electrons. The molecule has 0 aliphatic heterocycles. The Morgan fingerprint density at radius 3 is 2.50 bits per heavy atom. The first kappa shape index (κ1) is 11.9. The molecule has 0 aliphatic rings. The summed E-state index contributed by atoms with van der Waals surface area (Å²) >= 11 is 0. The Morgan fingerprint density at radius 2 is 1.89 bits per heavy atom. The van der Waals surface area contributed by atoms with Crippen LogP contribution in [0.1, 0.15) is 15.9 Å². The Labute approximate surface area is 104 Å². The van der Waals surface area contributed by atoms with Crippen molar-refractivity contribution in [1.29, 1.82) is 0 Å². The van der Waals surface area contributed by atoms with Crippen molar-refractivity contribution >= 4 is 17.9 Å². The number of hydrogen-bond donors (Lipinski definition) is 1. The molecule has 1 N–H and O–H groups in total. The van der Waals surface area contributed by atoms with E-state index >= 15 is 0 Å². The van der Waals surface area contributed by atoms with Crippen LogP contribution in [0.25, 0.3) is 0 Å². The van der Waals surface area contributed by atoms with Gasteiger partial charge in [0.25, 0.3) is 0 Å². The van der Waals surface area contributed by atoms with Crippen LogP contribution in [-0.4, -0.2) is 17.3 Å². The maximum absolute atomic E-state index is 11.1. The molecule has 0 fully saturated rings. The Morgan fingerprint density at radius 1 is 1.17 bits per heavy atom. The van der Waals surface area contributed by atoms with E-state index in [1.54, 1.807) is 30.5 Å². The van der Waals surface area contributed by atoms with E-state index in [0.29, 0.717) is 5.69 Å². The molecule has 4 heteroatoms. The van der Waals surface area contributed by atoms with Crippen molar-refractivity contribution in [2.75, 3.05) is 0 Å². The summed E-state index contributed by atoms with van der Waals surface area (Å²) in [5.41, 5.74) is 1.58. The zero-order valence-corrected chi connectivity index (χ0v) is 9.41. The predicted molar refractivity (Wildman–Crippen MR) is 66.5 cm³/mol. The lowest BCUT2D eigenvalue weighted by atomic mass is 10.1. The van der Waals surface area contributed by atoms with Crippen LogP contribution in [0.15, 0.2) is 53.5 Å². The number of aliphatic imine (C=N–C) groups is 1. The van der Waals surface area contributed by atoms with Crippen LogP contribution in [0, 0.1) is 0 Å². The Hall–Kier alpha value is -2.62. The van der Waals surface area contributed by atoms with Gasteiger partial charge in [0.2, 0.25) is 0 Å². The second-order valence-electron chi connectivity index (χ2n) is 3.68. The number of nitrogens with zero attached hydrogens (tertiary/aromatic N) is 1. The van der Waals surface area contributed by atoms with Gasteiger partial charge in [0.15, 0.2) is 0 Å². The molecule has 2 aromatic carbocycles. The molecule has 0 bridgehead atoms. The summed E-state index contributed by atoms with van der Waals surface area (Å²) in [5.74, 6) is -1.05. The van der Waals surface area contributed by atoms with Gasteiger partial charge < -0.3 is 10.2 Å². The van der Waals surface area contributed by atoms with Crippen molar-refractivity contribution in [3.8, 4) is 5.75 Å². The SMILES string of the molecule is O=C(O)c1ccc(C=Nc2cccc([O-])c2)cc1. The highest BCUT2D eigenvalue weighted by Gasteiger charge is 2.00. The van der Waals surface area contributed by atoms with Gasteiger partial charge in [-0.05, 0) is 29.8 Å². The molecule has 4 nitrogen and oxygen atoms in total. The summed E-state index contributed by atoms with van der Waals surface area (Å²) in [4.78, 5) is 14.8. The van der Waals surface area contributed by atoms with Crippen molar-refractivity contribution in [2.45, 2.75) is 0 Å². The summed E-state index contributed by atoms with van der Waals surface area (Å²) in [6.07, 6.45) is 1.58. The number of aromatic carboxylic acids is 1. The summed E-state index contributed by atoms with van der Waals surface area (Å²) < 4.78 is 0. The molecule has 2 aromatic rings. The first-order valence-electron chi connectivity index (χ1n) is 5.30. The maximum Gasteiger partial charge on any atom is 0.335 e. The molecule has 0 saturated carbocycles. The number of rotatable bonds is 3. The first-order valence-corrected chi connectivity index (χ1v) is 5.30. The zero-order valence-electron chi connectivity index (χ0n) is 9.41. The third-order valence-electron chi connectivity index (χ3n) is 2.34. The highest BCUT2D eigenvalue weighted by atomic mass is 16.4. The van der Waals surface area contributed by atoms with Gasteiger partial charge in [0, 0.05) is 6.21 Å². The molecule has 0 unspecified atom stereocenters. The molecule has 0 aliphatic carbocycles. The van der Waals surface area contributed by atoms with Crippen molar-refractivity contribution in [1.82, 2.24) is 0 Å². The summed E-state index contributed by atoms with van der Waals surface area (Å²) in [6.45, 7) is 0. The van der Waals surface area contributed by atoms with Crippen LogP contribution in [0.4, 0.5) is 5.69 Å². The molecule has 0 saturated heterocycles. The molecule has 0 spiro atoms. The maximum atomic E-state index is 11.1. The summed E-state index contributed by atoms with van der Waals surface area (Å²) in [6, 6.07) is 12.6. The van der Waals surface area contributed by atoms with Crippen molar-refractivity contribution in [3.63, 3.8) is 0 Å². The molecule has 0 atom stereocenters. The molecule has 0 heterocycles. The van der Waals surface area contributed by atoms with E-state index in [9.17, 15) is 9.90 Å². The lowest BCUT2D eigenvalue weighted by Crippen LogP contribution is -1.95. The van der Waals surface area contributed by atoms with E-state index in [4.69, 9.17) is 5.11 Å². The molecule has 2 rings (SSSR count). The normalized spacial score (nSPS) is 10.7. The van der Waals surface area contributed by atoms with Crippen LogP contribution >= 0.6 is 0 Å². The summed E-state index contributed by atoms with van der Waals surface area (Å²) in [7, 11) is 0. The topological polar surface area (TPSA) is 72.7 Å². The molecular weight excluding hydrogens is 230 g/mol. The average Bonchev–Trinajstić information content (AvgIpc) is 2.37. The number of hydrogen-bond acceptors (Lipinski definition) is 3. The van der Waals surface area contributed by atoms with Crippen molar-refractivity contribution in [3.05, 3.63) is 59.7 Å². The highest BCUT2D eigenvalue weighted by molar-refractivity contribution is 5.89. The zero-order chi connectivity index (χ0) is 13.0. The van der Waals surface area contributed by atoms with Gasteiger partial charge in [0.05, 0.1) is 11.3 Å². The Bertz CT molecular complexity index is 588. The largest absolute Gasteiger partial charge is 0.872 e. The van der Waals surface area contributed by atoms with Gasteiger partial charge in [-0.15, -0.1) is 5.75 Å². The number of carboxylic acid groups (broad SMARTS) is 1. The minimum atomic E-state index is -0.961. The standard InChI is InChI=1S/C14H11NO3/c16-13-3-1-2-12(8-13)15-9-10-4-6-11(7-5-10)14(17)18/h1-9,16H,(H,17,18)/p-1. The molecule has 0 aromatic heterocycles. The fourth-order valence-electron chi connectivity index (χ4n) is 1.42. The van der Waals surface area contributed by atoms with Gasteiger partial charge in [-0.25, -0.2) is 4.79 Å². The Balaban J connectivity index is 2.16. The second kappa shape index (κ2) is 5.14. The quantitative estimate of drug-likeness (QED) is 0.836. The smallest absolute Gasteiger partial charge is 0.335 e. The number of benzene rings is 2. The third-order valence-corrected chi connectivity index (χ3v) is 2.34. The van der Waals surface area contributed by atoms with Crippen molar-refractivity contribution < 1.29 is 15.0 Å². The fraction of sp³-hybridized carbons (Fsp3) is 0. The van der Waals surface area contributed by atoms with E-state index in [0.717, 1.165) is 5.56 Å². The summed E-state index contributed by atoms with van der Waals surface area (Å²) in [5, 5.41) is 19.8. The molecular formula is C14H10NO3-. The lowest BCUT2D eigenvalue weighted by molar-refractivity contribution is -0.268. The molecule has 0 amide bonds. The Kier molecular flexibility index (Phi) is 3.38.